The summed E-state index contributed by atoms with van der Waals surface area (Å²) < 4.78 is 35.8. The van der Waals surface area contributed by atoms with Crippen molar-refractivity contribution in [1.82, 2.24) is 0 Å². The summed E-state index contributed by atoms with van der Waals surface area (Å²) in [6.07, 6.45) is 2.46. The van der Waals surface area contributed by atoms with Crippen LogP contribution in [0.2, 0.25) is 0 Å². The highest BCUT2D eigenvalue weighted by Gasteiger charge is 2.84. The summed E-state index contributed by atoms with van der Waals surface area (Å²) in [5.41, 5.74) is -5.39. The molecular formula is C33H38O11. The lowest BCUT2D eigenvalue weighted by Crippen LogP contribution is -2.81. The molecule has 1 aromatic carbocycles. The van der Waals surface area contributed by atoms with Crippen molar-refractivity contribution < 1.29 is 52.4 Å². The summed E-state index contributed by atoms with van der Waals surface area (Å²) in [6.45, 7) is 7.15. The van der Waals surface area contributed by atoms with Gasteiger partial charge in [0.05, 0.1) is 23.0 Å². The van der Waals surface area contributed by atoms with Crippen molar-refractivity contribution in [1.29, 1.82) is 0 Å². The Morgan fingerprint density at radius 2 is 1.70 bits per heavy atom. The highest BCUT2D eigenvalue weighted by atomic mass is 16.6. The van der Waals surface area contributed by atoms with Crippen LogP contribution in [-0.2, 0) is 38.1 Å². The summed E-state index contributed by atoms with van der Waals surface area (Å²) in [5, 5.41) is 12.3. The number of aliphatic hydroxyl groups is 1. The van der Waals surface area contributed by atoms with E-state index in [1.807, 2.05) is 30.3 Å². The third-order valence-electron chi connectivity index (χ3n) is 9.37. The minimum Gasteiger partial charge on any atom is -0.472 e. The van der Waals surface area contributed by atoms with E-state index in [0.29, 0.717) is 0 Å². The molecule has 236 valence electrons. The zero-order valence-corrected chi connectivity index (χ0v) is 25.4. The van der Waals surface area contributed by atoms with Gasteiger partial charge >= 0.3 is 23.9 Å². The van der Waals surface area contributed by atoms with Crippen LogP contribution in [0.5, 0.6) is 0 Å². The minimum atomic E-state index is -1.85. The van der Waals surface area contributed by atoms with Crippen molar-refractivity contribution in [2.24, 2.45) is 11.3 Å². The molecule has 2 aromatic rings. The van der Waals surface area contributed by atoms with Crippen LogP contribution in [0.15, 0.2) is 59.4 Å². The molecule has 0 unspecified atom stereocenters. The first kappa shape index (κ1) is 31.5. The van der Waals surface area contributed by atoms with Crippen molar-refractivity contribution in [2.45, 2.75) is 89.0 Å². The molecule has 2 heterocycles. The van der Waals surface area contributed by atoms with E-state index < -0.39 is 76.9 Å². The fourth-order valence-electron chi connectivity index (χ4n) is 7.53. The fourth-order valence-corrected chi connectivity index (χ4v) is 7.53. The number of rotatable bonds is 8. The molecule has 1 N–H and O–H groups in total. The first-order valence-corrected chi connectivity index (χ1v) is 14.6. The molecule has 7 atom stereocenters. The Balaban J connectivity index is 1.67. The normalized spacial score (nSPS) is 33.7. The number of hydrogen-bond acceptors (Lipinski definition) is 11. The van der Waals surface area contributed by atoms with Gasteiger partial charge in [-0.15, -0.1) is 0 Å². The van der Waals surface area contributed by atoms with E-state index >= 15 is 0 Å². The van der Waals surface area contributed by atoms with Crippen LogP contribution in [-0.4, -0.2) is 70.7 Å². The Hall–Kier alpha value is -3.96. The second-order valence-corrected chi connectivity index (χ2v) is 12.5. The first-order chi connectivity index (χ1) is 20.7. The SMILES string of the molecule is CC(=O)OC[C@@]12[C@@H](OC(C)=O)CC[C@](C)(O)[C@]13OC(C)(C)[C@H](C[C@@H]2OC(=O)/C=C/c1ccccc1)[C@H]3OC(=O)c1ccoc1. The molecule has 1 aliphatic heterocycles. The summed E-state index contributed by atoms with van der Waals surface area (Å²) in [6, 6.07) is 10.6. The van der Waals surface area contributed by atoms with Crippen molar-refractivity contribution >= 4 is 30.0 Å². The molecule has 2 bridgehead atoms. The Morgan fingerprint density at radius 1 is 0.977 bits per heavy atom. The number of carbonyl (C=O) groups is 4. The van der Waals surface area contributed by atoms with Gasteiger partial charge in [-0.2, -0.15) is 0 Å². The van der Waals surface area contributed by atoms with Gasteiger partial charge in [0.2, 0.25) is 0 Å². The smallest absolute Gasteiger partial charge is 0.341 e. The van der Waals surface area contributed by atoms with Gasteiger partial charge in [-0.1, -0.05) is 30.3 Å². The number of hydrogen-bond donors (Lipinski definition) is 1. The average Bonchev–Trinajstić information content (AvgIpc) is 3.55. The molecule has 0 amide bonds. The van der Waals surface area contributed by atoms with E-state index in [1.54, 1.807) is 26.8 Å². The zero-order chi connectivity index (χ0) is 31.9. The van der Waals surface area contributed by atoms with Gasteiger partial charge in [0, 0.05) is 25.8 Å². The Labute approximate surface area is 255 Å². The lowest BCUT2D eigenvalue weighted by Gasteiger charge is -2.64. The van der Waals surface area contributed by atoms with E-state index in [0.717, 1.165) is 5.56 Å². The van der Waals surface area contributed by atoms with Crippen molar-refractivity contribution in [3.05, 3.63) is 66.1 Å². The zero-order valence-electron chi connectivity index (χ0n) is 25.4. The molecule has 5 rings (SSSR count). The lowest BCUT2D eigenvalue weighted by molar-refractivity contribution is -0.340. The van der Waals surface area contributed by atoms with Gasteiger partial charge in [-0.3, -0.25) is 9.59 Å². The van der Waals surface area contributed by atoms with E-state index in [2.05, 4.69) is 0 Å². The van der Waals surface area contributed by atoms with Gasteiger partial charge in [0.25, 0.3) is 0 Å². The summed E-state index contributed by atoms with van der Waals surface area (Å²) in [7, 11) is 0. The van der Waals surface area contributed by atoms with Crippen molar-refractivity contribution in [3.63, 3.8) is 0 Å². The number of carbonyl (C=O) groups excluding carboxylic acids is 4. The molecule has 11 nitrogen and oxygen atoms in total. The molecular weight excluding hydrogens is 572 g/mol. The third kappa shape index (κ3) is 5.21. The Kier molecular flexibility index (Phi) is 8.24. The van der Waals surface area contributed by atoms with E-state index in [1.165, 1.54) is 38.5 Å². The molecule has 2 saturated carbocycles. The van der Waals surface area contributed by atoms with Crippen LogP contribution in [0.25, 0.3) is 6.08 Å². The number of benzene rings is 1. The molecule has 3 fully saturated rings. The first-order valence-electron chi connectivity index (χ1n) is 14.6. The molecule has 1 aromatic heterocycles. The van der Waals surface area contributed by atoms with E-state index in [-0.39, 0.29) is 24.8 Å². The quantitative estimate of drug-likeness (QED) is 0.262. The molecule has 0 radical (unpaired) electrons. The largest absolute Gasteiger partial charge is 0.472 e. The predicted octanol–water partition coefficient (Wildman–Crippen LogP) is 4.02. The Bertz CT molecular complexity index is 1430. The average molecular weight is 611 g/mol. The van der Waals surface area contributed by atoms with Crippen LogP contribution >= 0.6 is 0 Å². The number of furan rings is 1. The van der Waals surface area contributed by atoms with Crippen LogP contribution < -0.4 is 0 Å². The second kappa shape index (κ2) is 11.5. The highest BCUT2D eigenvalue weighted by molar-refractivity contribution is 5.89. The number of fused-ring (bicyclic) bond motifs is 1. The highest BCUT2D eigenvalue weighted by Crippen LogP contribution is 2.69. The third-order valence-corrected chi connectivity index (χ3v) is 9.37. The van der Waals surface area contributed by atoms with Crippen molar-refractivity contribution in [3.8, 4) is 0 Å². The topological polar surface area (TPSA) is 148 Å². The summed E-state index contributed by atoms with van der Waals surface area (Å²) in [5.74, 6) is -3.30. The second-order valence-electron chi connectivity index (χ2n) is 12.5. The predicted molar refractivity (Wildman–Crippen MR) is 154 cm³/mol. The molecule has 2 aliphatic carbocycles. The van der Waals surface area contributed by atoms with Gasteiger partial charge < -0.3 is 33.2 Å². The van der Waals surface area contributed by atoms with Crippen molar-refractivity contribution in [2.75, 3.05) is 6.61 Å². The van der Waals surface area contributed by atoms with Crippen LogP contribution in [0.3, 0.4) is 0 Å². The molecule has 1 spiro atoms. The Morgan fingerprint density at radius 3 is 2.34 bits per heavy atom. The van der Waals surface area contributed by atoms with Crippen LogP contribution in [0.1, 0.15) is 69.8 Å². The van der Waals surface area contributed by atoms with Gasteiger partial charge in [0.15, 0.2) is 5.60 Å². The lowest BCUT2D eigenvalue weighted by atomic mass is 9.47. The minimum absolute atomic E-state index is 0.0733. The summed E-state index contributed by atoms with van der Waals surface area (Å²) in [4.78, 5) is 51.7. The molecule has 1 saturated heterocycles. The fraction of sp³-hybridized carbons (Fsp3) is 0.515. The van der Waals surface area contributed by atoms with Crippen LogP contribution in [0, 0.1) is 11.3 Å². The molecule has 44 heavy (non-hydrogen) atoms. The van der Waals surface area contributed by atoms with E-state index in [4.69, 9.17) is 28.1 Å². The monoisotopic (exact) mass is 610 g/mol. The number of ether oxygens (including phenoxy) is 5. The standard InChI is InChI=1S/C33H38O11/c1-20(34)40-19-32-25(41-21(2)35)13-15-31(5,38)33(32)28(43-29(37)23-14-16-39-18-23)24(30(3,4)44-33)17-26(32)42-27(36)12-11-22-9-7-6-8-10-22/h6-12,14,16,18,24-26,28,38H,13,15,17,19H2,1-5H3/b12-11+/t24-,25+,26+,28-,31+,32+,33+/m1/s1. The van der Waals surface area contributed by atoms with Crippen LogP contribution in [0.4, 0.5) is 0 Å². The maximum atomic E-state index is 13.4. The van der Waals surface area contributed by atoms with Gasteiger partial charge in [-0.25, -0.2) is 9.59 Å². The van der Waals surface area contributed by atoms with E-state index in [9.17, 15) is 24.3 Å². The number of esters is 4. The van der Waals surface area contributed by atoms with Gasteiger partial charge in [-0.05, 0) is 57.7 Å². The molecule has 11 heteroatoms. The maximum Gasteiger partial charge on any atom is 0.341 e. The molecule has 3 aliphatic rings. The summed E-state index contributed by atoms with van der Waals surface area (Å²) >= 11 is 0. The van der Waals surface area contributed by atoms with Gasteiger partial charge in [0.1, 0.15) is 36.6 Å². The maximum absolute atomic E-state index is 13.4.